The fraction of sp³-hybridized carbons (Fsp3) is 0.192. The molecule has 4 rings (SSSR count). The van der Waals surface area contributed by atoms with Gasteiger partial charge in [0.1, 0.15) is 5.82 Å². The number of pyridine rings is 1. The van der Waals surface area contributed by atoms with Crippen molar-refractivity contribution in [2.24, 2.45) is 12.8 Å². The minimum absolute atomic E-state index is 0. The lowest BCUT2D eigenvalue weighted by atomic mass is 9.94. The summed E-state index contributed by atoms with van der Waals surface area (Å²) in [6.45, 7) is 2.37. The van der Waals surface area contributed by atoms with Crippen molar-refractivity contribution < 1.29 is 4.39 Å². The number of nitrogens with zero attached hydrogens (tertiary/aromatic N) is 3. The summed E-state index contributed by atoms with van der Waals surface area (Å²) in [6, 6.07) is 19.4. The first-order valence-electron chi connectivity index (χ1n) is 10.7. The van der Waals surface area contributed by atoms with Crippen LogP contribution < -0.4 is 16.6 Å². The van der Waals surface area contributed by atoms with E-state index in [9.17, 15) is 9.18 Å². The molecule has 2 aromatic carbocycles. The van der Waals surface area contributed by atoms with E-state index in [1.807, 2.05) is 37.3 Å². The van der Waals surface area contributed by atoms with E-state index in [0.29, 0.717) is 35.7 Å². The zero-order chi connectivity index (χ0) is 23.4. The highest BCUT2D eigenvalue weighted by Gasteiger charge is 2.22. The van der Waals surface area contributed by atoms with Crippen molar-refractivity contribution in [2.45, 2.75) is 18.9 Å². The summed E-state index contributed by atoms with van der Waals surface area (Å²) < 4.78 is 15.0. The molecule has 0 fully saturated rings. The van der Waals surface area contributed by atoms with Gasteiger partial charge in [0.05, 0.1) is 11.3 Å². The molecule has 3 N–H and O–H groups in total. The molecule has 0 radical (unpaired) electrons. The molecular formula is C26H27ClFN5O. The maximum absolute atomic E-state index is 13.5. The van der Waals surface area contributed by atoms with Crippen molar-refractivity contribution in [3.63, 3.8) is 0 Å². The minimum atomic E-state index is -0.564. The van der Waals surface area contributed by atoms with Gasteiger partial charge in [-0.3, -0.25) is 14.3 Å². The highest BCUT2D eigenvalue weighted by Crippen LogP contribution is 2.29. The van der Waals surface area contributed by atoms with Crippen molar-refractivity contribution in [2.75, 3.05) is 11.9 Å². The molecule has 0 spiro atoms. The molecule has 4 aromatic rings. The van der Waals surface area contributed by atoms with Crippen LogP contribution in [0.4, 0.5) is 10.3 Å². The molecule has 0 aliphatic carbocycles. The molecule has 34 heavy (non-hydrogen) atoms. The predicted molar refractivity (Wildman–Crippen MR) is 137 cm³/mol. The fourth-order valence-corrected chi connectivity index (χ4v) is 3.76. The van der Waals surface area contributed by atoms with Crippen molar-refractivity contribution in [1.29, 1.82) is 0 Å². The van der Waals surface area contributed by atoms with Gasteiger partial charge in [0.2, 0.25) is 5.95 Å². The Morgan fingerprint density at radius 2 is 1.65 bits per heavy atom. The lowest BCUT2D eigenvalue weighted by molar-refractivity contribution is 0.489. The maximum atomic E-state index is 13.5. The number of nitrogens with two attached hydrogens (primary N) is 1. The molecule has 0 saturated carbocycles. The number of rotatable bonds is 7. The zero-order valence-corrected chi connectivity index (χ0v) is 19.8. The molecule has 0 amide bonds. The van der Waals surface area contributed by atoms with Crippen LogP contribution in [0.5, 0.6) is 0 Å². The van der Waals surface area contributed by atoms with Gasteiger partial charge in [0, 0.05) is 37.1 Å². The Balaban J connectivity index is 0.00000324. The van der Waals surface area contributed by atoms with E-state index in [4.69, 9.17) is 10.7 Å². The maximum Gasteiger partial charge on any atom is 0.263 e. The first-order chi connectivity index (χ1) is 15.8. The summed E-state index contributed by atoms with van der Waals surface area (Å²) in [6.07, 6.45) is 3.96. The second-order valence-corrected chi connectivity index (χ2v) is 8.44. The van der Waals surface area contributed by atoms with E-state index >= 15 is 0 Å². The van der Waals surface area contributed by atoms with E-state index in [2.05, 4.69) is 10.3 Å². The van der Waals surface area contributed by atoms with Crippen LogP contribution in [0.2, 0.25) is 0 Å². The molecule has 1 atom stereocenters. The monoisotopic (exact) mass is 479 g/mol. The topological polar surface area (TPSA) is 85.8 Å². The standard InChI is InChI=1S/C26H26FN5O.ClH/c1-26(28,16-18-6-4-3-5-7-18)17-30-25-31-23(20-12-14-29-15-13-20)22(24(33)32(25)2)19-8-10-21(27)11-9-19;/h3-15H,16-17,28H2,1-2H3,(H,30,31);1H. The lowest BCUT2D eigenvalue weighted by Crippen LogP contribution is -2.46. The SMILES string of the molecule is Cl.Cn1c(NCC(C)(N)Cc2ccccc2)nc(-c2ccncc2)c(-c2ccc(F)cc2)c1=O. The van der Waals surface area contributed by atoms with Crippen LogP contribution in [-0.2, 0) is 13.5 Å². The molecule has 0 bridgehead atoms. The molecule has 0 saturated heterocycles. The Kier molecular flexibility index (Phi) is 7.81. The highest BCUT2D eigenvalue weighted by molar-refractivity contribution is 5.85. The third-order valence-electron chi connectivity index (χ3n) is 5.48. The second-order valence-electron chi connectivity index (χ2n) is 8.44. The van der Waals surface area contributed by atoms with Crippen LogP contribution in [0, 0.1) is 5.82 Å². The molecule has 2 aromatic heterocycles. The van der Waals surface area contributed by atoms with Gasteiger partial charge in [-0.25, -0.2) is 9.37 Å². The Morgan fingerprint density at radius 1 is 1.00 bits per heavy atom. The van der Waals surface area contributed by atoms with Gasteiger partial charge in [-0.15, -0.1) is 12.4 Å². The van der Waals surface area contributed by atoms with E-state index < -0.39 is 5.54 Å². The number of anilines is 1. The molecule has 1 unspecified atom stereocenters. The normalized spacial score (nSPS) is 12.5. The van der Waals surface area contributed by atoms with Gasteiger partial charge in [-0.05, 0) is 48.7 Å². The van der Waals surface area contributed by atoms with Crippen LogP contribution in [-0.4, -0.2) is 26.6 Å². The van der Waals surface area contributed by atoms with Crippen molar-refractivity contribution in [1.82, 2.24) is 14.5 Å². The summed E-state index contributed by atoms with van der Waals surface area (Å²) in [5.74, 6) is 0.0374. The van der Waals surface area contributed by atoms with Gasteiger partial charge in [-0.2, -0.15) is 0 Å². The van der Waals surface area contributed by atoms with E-state index in [-0.39, 0.29) is 23.8 Å². The molecule has 0 aliphatic heterocycles. The van der Waals surface area contributed by atoms with Gasteiger partial charge in [0.25, 0.3) is 5.56 Å². The van der Waals surface area contributed by atoms with Crippen molar-refractivity contribution >= 4 is 18.4 Å². The number of hydrogen-bond acceptors (Lipinski definition) is 5. The average molecular weight is 480 g/mol. The average Bonchev–Trinajstić information content (AvgIpc) is 2.81. The Bertz CT molecular complexity index is 1290. The summed E-state index contributed by atoms with van der Waals surface area (Å²) in [5.41, 5.74) is 9.10. The Morgan fingerprint density at radius 3 is 2.29 bits per heavy atom. The van der Waals surface area contributed by atoms with Crippen LogP contribution in [0.25, 0.3) is 22.4 Å². The van der Waals surface area contributed by atoms with Crippen molar-refractivity contribution in [3.8, 4) is 22.4 Å². The number of aromatic nitrogens is 3. The van der Waals surface area contributed by atoms with Gasteiger partial charge < -0.3 is 11.1 Å². The third-order valence-corrected chi connectivity index (χ3v) is 5.48. The van der Waals surface area contributed by atoms with Gasteiger partial charge in [0.15, 0.2) is 0 Å². The first-order valence-corrected chi connectivity index (χ1v) is 10.7. The Hall–Kier alpha value is -3.55. The number of benzene rings is 2. The molecule has 176 valence electrons. The summed E-state index contributed by atoms with van der Waals surface area (Å²) in [5, 5.41) is 3.26. The second kappa shape index (κ2) is 10.6. The largest absolute Gasteiger partial charge is 0.354 e. The fourth-order valence-electron chi connectivity index (χ4n) is 3.76. The summed E-state index contributed by atoms with van der Waals surface area (Å²) in [4.78, 5) is 22.3. The van der Waals surface area contributed by atoms with Crippen LogP contribution in [0.3, 0.4) is 0 Å². The van der Waals surface area contributed by atoms with Crippen LogP contribution in [0.1, 0.15) is 12.5 Å². The van der Waals surface area contributed by atoms with E-state index in [1.165, 1.54) is 16.7 Å². The van der Waals surface area contributed by atoms with Crippen LogP contribution in [0.15, 0.2) is 83.9 Å². The molecule has 0 aliphatic rings. The molecule has 8 heteroatoms. The third kappa shape index (κ3) is 5.68. The van der Waals surface area contributed by atoms with Gasteiger partial charge in [-0.1, -0.05) is 42.5 Å². The quantitative estimate of drug-likeness (QED) is 0.409. The molecular weight excluding hydrogens is 453 g/mol. The van der Waals surface area contributed by atoms with Crippen molar-refractivity contribution in [3.05, 3.63) is 101 Å². The number of halogens is 2. The Labute approximate surface area is 204 Å². The number of hydrogen-bond donors (Lipinski definition) is 2. The molecule has 2 heterocycles. The number of nitrogens with one attached hydrogen (secondary N) is 1. The van der Waals surface area contributed by atoms with Gasteiger partial charge >= 0.3 is 0 Å². The van der Waals surface area contributed by atoms with E-state index in [1.54, 1.807) is 43.7 Å². The van der Waals surface area contributed by atoms with Crippen LogP contribution >= 0.6 is 12.4 Å². The lowest BCUT2D eigenvalue weighted by Gasteiger charge is -2.26. The van der Waals surface area contributed by atoms with E-state index in [0.717, 1.165) is 11.1 Å². The minimum Gasteiger partial charge on any atom is -0.354 e. The highest BCUT2D eigenvalue weighted by atomic mass is 35.5. The summed E-state index contributed by atoms with van der Waals surface area (Å²) >= 11 is 0. The first kappa shape index (κ1) is 25.1. The smallest absolute Gasteiger partial charge is 0.263 e. The zero-order valence-electron chi connectivity index (χ0n) is 19.0. The predicted octanol–water partition coefficient (Wildman–Crippen LogP) is 4.44. The molecule has 6 nitrogen and oxygen atoms in total. The summed E-state index contributed by atoms with van der Waals surface area (Å²) in [7, 11) is 1.66.